The number of alkyl halides is 2. The minimum Gasteiger partial charge on any atom is -0.444 e. The molecule has 44 heavy (non-hydrogen) atoms. The molecule has 1 aliphatic rings. The Balaban J connectivity index is 1.69. The Kier molecular flexibility index (Phi) is 8.28. The molecule has 4 aromatic rings. The number of amides is 1. The van der Waals surface area contributed by atoms with Crippen LogP contribution in [0.4, 0.5) is 18.4 Å². The van der Waals surface area contributed by atoms with Gasteiger partial charge in [-0.2, -0.15) is 5.10 Å². The van der Waals surface area contributed by atoms with Crippen LogP contribution in [0.5, 0.6) is 0 Å². The second-order valence-corrected chi connectivity index (χ2v) is 14.8. The van der Waals surface area contributed by atoms with Crippen LogP contribution in [-0.2, 0) is 9.47 Å². The molecule has 0 aromatic carbocycles. The van der Waals surface area contributed by atoms with Crippen molar-refractivity contribution in [1.29, 1.82) is 0 Å². The molecule has 238 valence electrons. The van der Waals surface area contributed by atoms with Crippen molar-refractivity contribution in [1.82, 2.24) is 24.1 Å². The first-order valence-corrected chi connectivity index (χ1v) is 15.8. The van der Waals surface area contributed by atoms with Crippen molar-refractivity contribution in [3.05, 3.63) is 40.2 Å². The van der Waals surface area contributed by atoms with Gasteiger partial charge in [-0.1, -0.05) is 13.8 Å². The molecule has 4 aromatic heterocycles. The molecule has 1 saturated heterocycles. The minimum absolute atomic E-state index is 0.0356. The van der Waals surface area contributed by atoms with Gasteiger partial charge in [-0.25, -0.2) is 32.4 Å². The summed E-state index contributed by atoms with van der Waals surface area (Å²) >= 11 is 1.23. The van der Waals surface area contributed by atoms with Gasteiger partial charge in [0.2, 0.25) is 0 Å². The molecule has 0 N–H and O–H groups in total. The molecule has 0 atom stereocenters. The molecule has 0 spiro atoms. The van der Waals surface area contributed by atoms with E-state index >= 15 is 8.78 Å². The van der Waals surface area contributed by atoms with Crippen molar-refractivity contribution in [3.63, 3.8) is 0 Å². The second-order valence-electron chi connectivity index (χ2n) is 13.8. The zero-order valence-corrected chi connectivity index (χ0v) is 27.6. The molecular weight excluding hydrogens is 588 g/mol. The predicted octanol–water partition coefficient (Wildman–Crippen LogP) is 8.68. The van der Waals surface area contributed by atoms with Gasteiger partial charge in [-0.05, 0) is 90.3 Å². The number of pyridine rings is 1. The first-order chi connectivity index (χ1) is 20.5. The number of fused-ring (bicyclic) bond motifs is 2. The van der Waals surface area contributed by atoms with E-state index < -0.39 is 29.8 Å². The molecular formula is C32H41F2N5O4S. The summed E-state index contributed by atoms with van der Waals surface area (Å²) in [7, 11) is 0. The van der Waals surface area contributed by atoms with Crippen molar-refractivity contribution in [3.8, 4) is 11.3 Å². The van der Waals surface area contributed by atoms with Crippen LogP contribution in [0.15, 0.2) is 18.6 Å². The van der Waals surface area contributed by atoms with Crippen LogP contribution in [-0.4, -0.2) is 60.5 Å². The SMILES string of the molecule is Cc1cc(-c2c(C(C)C)c3c(C(F)F)c(C4CCN(C(=O)OC(C)(C)C)CC4)sc3n2C(=O)OC(C)(C)C)cn2ncnc12. The maximum atomic E-state index is 15.2. The number of rotatable bonds is 4. The van der Waals surface area contributed by atoms with Crippen molar-refractivity contribution in [2.75, 3.05) is 13.1 Å². The lowest BCUT2D eigenvalue weighted by Gasteiger charge is -2.33. The van der Waals surface area contributed by atoms with Gasteiger partial charge in [0.25, 0.3) is 6.43 Å². The lowest BCUT2D eigenvalue weighted by atomic mass is 9.90. The van der Waals surface area contributed by atoms with Gasteiger partial charge in [0.1, 0.15) is 22.4 Å². The van der Waals surface area contributed by atoms with E-state index in [0.29, 0.717) is 63.5 Å². The maximum Gasteiger partial charge on any atom is 0.420 e. The Morgan fingerprint density at radius 2 is 1.61 bits per heavy atom. The average molecular weight is 630 g/mol. The smallest absolute Gasteiger partial charge is 0.420 e. The first kappa shape index (κ1) is 31.9. The van der Waals surface area contributed by atoms with Crippen LogP contribution in [0.1, 0.15) is 108 Å². The van der Waals surface area contributed by atoms with Crippen LogP contribution in [0, 0.1) is 6.92 Å². The van der Waals surface area contributed by atoms with Crippen molar-refractivity contribution < 1.29 is 27.8 Å². The number of thiophene rings is 1. The molecule has 0 radical (unpaired) electrons. The summed E-state index contributed by atoms with van der Waals surface area (Å²) in [6.07, 6.45) is 0.466. The van der Waals surface area contributed by atoms with E-state index in [2.05, 4.69) is 10.1 Å². The van der Waals surface area contributed by atoms with Crippen LogP contribution in [0.2, 0.25) is 0 Å². The Labute approximate surface area is 260 Å². The van der Waals surface area contributed by atoms with Crippen LogP contribution < -0.4 is 0 Å². The van der Waals surface area contributed by atoms with Crippen LogP contribution in [0.25, 0.3) is 27.1 Å². The molecule has 0 unspecified atom stereocenters. The highest BCUT2D eigenvalue weighted by Crippen LogP contribution is 2.51. The Morgan fingerprint density at radius 3 is 2.18 bits per heavy atom. The predicted molar refractivity (Wildman–Crippen MR) is 167 cm³/mol. The maximum absolute atomic E-state index is 15.2. The van der Waals surface area contributed by atoms with E-state index in [0.717, 1.165) is 5.56 Å². The van der Waals surface area contributed by atoms with E-state index in [1.165, 1.54) is 22.2 Å². The summed E-state index contributed by atoms with van der Waals surface area (Å²) < 4.78 is 44.9. The zero-order valence-electron chi connectivity index (χ0n) is 26.8. The number of halogens is 2. The number of ether oxygens (including phenoxy) is 2. The number of likely N-dealkylation sites (tertiary alicyclic amines) is 1. The fourth-order valence-corrected chi connectivity index (χ4v) is 7.42. The summed E-state index contributed by atoms with van der Waals surface area (Å²) in [5.74, 6) is -0.392. The summed E-state index contributed by atoms with van der Waals surface area (Å²) in [4.78, 5) is 33.6. The topological polar surface area (TPSA) is 91.0 Å². The summed E-state index contributed by atoms with van der Waals surface area (Å²) in [6.45, 7) is 17.4. The zero-order chi connectivity index (χ0) is 32.3. The molecule has 0 aliphatic carbocycles. The lowest BCUT2D eigenvalue weighted by Crippen LogP contribution is -2.41. The number of piperidine rings is 1. The molecule has 5 rings (SSSR count). The third kappa shape index (κ3) is 6.05. The second kappa shape index (κ2) is 11.4. The third-order valence-corrected chi connectivity index (χ3v) is 8.98. The molecule has 0 saturated carbocycles. The number of nitrogens with zero attached hydrogens (tertiary/aromatic N) is 5. The number of hydrogen-bond donors (Lipinski definition) is 0. The van der Waals surface area contributed by atoms with Gasteiger partial charge in [0.05, 0.1) is 5.69 Å². The van der Waals surface area contributed by atoms with E-state index in [-0.39, 0.29) is 17.4 Å². The van der Waals surface area contributed by atoms with Gasteiger partial charge < -0.3 is 14.4 Å². The number of aromatic nitrogens is 4. The lowest BCUT2D eigenvalue weighted by molar-refractivity contribution is 0.0204. The van der Waals surface area contributed by atoms with Crippen LogP contribution in [0.3, 0.4) is 0 Å². The van der Waals surface area contributed by atoms with E-state index in [4.69, 9.17) is 9.47 Å². The monoisotopic (exact) mass is 629 g/mol. The van der Waals surface area contributed by atoms with Gasteiger partial charge >= 0.3 is 12.2 Å². The van der Waals surface area contributed by atoms with E-state index in [9.17, 15) is 9.59 Å². The van der Waals surface area contributed by atoms with Gasteiger partial charge in [0.15, 0.2) is 5.65 Å². The highest BCUT2D eigenvalue weighted by Gasteiger charge is 2.37. The molecule has 0 bridgehead atoms. The number of hydrogen-bond acceptors (Lipinski definition) is 7. The molecule has 1 amide bonds. The quantitative estimate of drug-likeness (QED) is 0.224. The molecule has 1 fully saturated rings. The molecule has 9 nitrogen and oxygen atoms in total. The minimum atomic E-state index is -2.76. The molecule has 12 heteroatoms. The Morgan fingerprint density at radius 1 is 1.00 bits per heavy atom. The fourth-order valence-electron chi connectivity index (χ4n) is 5.93. The molecule has 1 aliphatic heterocycles. The third-order valence-electron chi connectivity index (χ3n) is 7.63. The number of carbonyl (C=O) groups is 2. The highest BCUT2D eigenvalue weighted by molar-refractivity contribution is 7.19. The van der Waals surface area contributed by atoms with E-state index in [1.807, 2.05) is 47.6 Å². The summed E-state index contributed by atoms with van der Waals surface area (Å²) in [5, 5.41) is 4.71. The van der Waals surface area contributed by atoms with E-state index in [1.54, 1.807) is 36.4 Å². The number of aryl methyl sites for hydroxylation is 1. The van der Waals surface area contributed by atoms with Crippen LogP contribution >= 0.6 is 11.3 Å². The summed E-state index contributed by atoms with van der Waals surface area (Å²) in [6, 6.07) is 1.91. The van der Waals surface area contributed by atoms with Crippen molar-refractivity contribution in [2.45, 2.75) is 105 Å². The van der Waals surface area contributed by atoms with Gasteiger partial charge in [-0.3, -0.25) is 0 Å². The normalized spacial score (nSPS) is 15.2. The fraction of sp³-hybridized carbons (Fsp3) is 0.562. The summed E-state index contributed by atoms with van der Waals surface area (Å²) in [5.41, 5.74) is 1.88. The average Bonchev–Trinajstić information content (AvgIpc) is 3.59. The standard InChI is InChI=1S/C32H41F2N5O4S/c1-17(2)21-22-23(26(33)34)25(19-10-12-37(13-11-19)29(40)42-31(4,5)6)44-28(22)39(30(41)43-32(7,8)9)24(21)20-14-18(3)27-35-16-36-38(27)15-20/h14-17,19,26H,10-13H2,1-9H3. The van der Waals surface area contributed by atoms with Crippen molar-refractivity contribution in [2.24, 2.45) is 0 Å². The van der Waals surface area contributed by atoms with Gasteiger partial charge in [0, 0.05) is 40.7 Å². The Bertz CT molecular complexity index is 1720. The first-order valence-electron chi connectivity index (χ1n) is 15.0. The van der Waals surface area contributed by atoms with Crippen molar-refractivity contribution >= 4 is 39.4 Å². The number of carbonyl (C=O) groups excluding carboxylic acids is 2. The largest absolute Gasteiger partial charge is 0.444 e. The highest BCUT2D eigenvalue weighted by atomic mass is 32.1. The van der Waals surface area contributed by atoms with Gasteiger partial charge in [-0.15, -0.1) is 11.3 Å². The molecule has 5 heterocycles. The Hall–Kier alpha value is -3.54.